The first-order chi connectivity index (χ1) is 13.2. The van der Waals surface area contributed by atoms with Gasteiger partial charge in [-0.25, -0.2) is 0 Å². The number of aromatic nitrogens is 2. The summed E-state index contributed by atoms with van der Waals surface area (Å²) in [5.41, 5.74) is 1.20. The summed E-state index contributed by atoms with van der Waals surface area (Å²) in [4.78, 5) is 24.4. The van der Waals surface area contributed by atoms with Gasteiger partial charge < -0.3 is 4.74 Å². The van der Waals surface area contributed by atoms with Crippen LogP contribution in [0, 0.1) is 0 Å². The van der Waals surface area contributed by atoms with Crippen molar-refractivity contribution in [3.8, 4) is 5.75 Å². The first-order valence-electron chi connectivity index (χ1n) is 8.65. The van der Waals surface area contributed by atoms with Crippen LogP contribution in [0.3, 0.4) is 0 Å². The Bertz CT molecular complexity index is 950. The van der Waals surface area contributed by atoms with Crippen LogP contribution in [0.25, 0.3) is 0 Å². The molecule has 136 valence electrons. The lowest BCUT2D eigenvalue weighted by molar-refractivity contribution is -0.118. The molecule has 4 rings (SSSR count). The predicted octanol–water partition coefficient (Wildman–Crippen LogP) is 3.66. The lowest BCUT2D eigenvalue weighted by atomic mass is 10.0. The third-order valence-electron chi connectivity index (χ3n) is 4.14. The Labute approximate surface area is 160 Å². The van der Waals surface area contributed by atoms with Gasteiger partial charge in [0.2, 0.25) is 5.13 Å². The fourth-order valence-electron chi connectivity index (χ4n) is 2.54. The Morgan fingerprint density at radius 2 is 1.70 bits per heavy atom. The van der Waals surface area contributed by atoms with Gasteiger partial charge in [-0.3, -0.25) is 14.9 Å². The monoisotopic (exact) mass is 379 g/mol. The summed E-state index contributed by atoms with van der Waals surface area (Å²) < 4.78 is 5.48. The molecule has 1 aliphatic rings. The highest BCUT2D eigenvalue weighted by Gasteiger charge is 2.27. The number of rotatable bonds is 7. The van der Waals surface area contributed by atoms with Gasteiger partial charge in [-0.15, -0.1) is 10.2 Å². The van der Waals surface area contributed by atoms with Gasteiger partial charge in [-0.2, -0.15) is 0 Å². The Balaban J connectivity index is 1.30. The summed E-state index contributed by atoms with van der Waals surface area (Å²) in [6.07, 6.45) is 2.29. The average Bonchev–Trinajstić information content (AvgIpc) is 3.46. The molecular formula is C20H17N3O3S. The fraction of sp³-hybridized carbons (Fsp3) is 0.200. The number of hydrogen-bond acceptors (Lipinski definition) is 6. The molecule has 1 heterocycles. The van der Waals surface area contributed by atoms with E-state index < -0.39 is 0 Å². The third kappa shape index (κ3) is 4.38. The number of nitrogens with one attached hydrogen (secondary N) is 1. The second kappa shape index (κ2) is 7.67. The van der Waals surface area contributed by atoms with E-state index in [0.717, 1.165) is 17.8 Å². The number of ether oxygens (including phenoxy) is 1. The minimum atomic E-state index is -0.294. The molecule has 1 saturated carbocycles. The maximum Gasteiger partial charge on any atom is 0.264 e. The molecular weight excluding hydrogens is 362 g/mol. The molecule has 1 fully saturated rings. The molecule has 0 atom stereocenters. The molecule has 1 N–H and O–H groups in total. The minimum Gasteiger partial charge on any atom is -0.484 e. The minimum absolute atomic E-state index is 0.0531. The second-order valence-electron chi connectivity index (χ2n) is 6.28. The van der Waals surface area contributed by atoms with E-state index in [-0.39, 0.29) is 18.3 Å². The largest absolute Gasteiger partial charge is 0.484 e. The molecule has 0 spiro atoms. The lowest BCUT2D eigenvalue weighted by Gasteiger charge is -2.07. The quantitative estimate of drug-likeness (QED) is 0.634. The topological polar surface area (TPSA) is 81.2 Å². The number of anilines is 1. The molecule has 1 aromatic heterocycles. The molecule has 6 nitrogen and oxygen atoms in total. The zero-order chi connectivity index (χ0) is 18.6. The van der Waals surface area contributed by atoms with E-state index in [1.807, 2.05) is 18.2 Å². The number of benzene rings is 2. The van der Waals surface area contributed by atoms with Crippen LogP contribution in [0.4, 0.5) is 5.13 Å². The maximum atomic E-state index is 12.4. The van der Waals surface area contributed by atoms with Gasteiger partial charge in [-0.1, -0.05) is 41.7 Å². The van der Waals surface area contributed by atoms with Gasteiger partial charge in [0.1, 0.15) is 10.8 Å². The summed E-state index contributed by atoms with van der Waals surface area (Å²) in [5, 5.41) is 12.2. The molecule has 1 amide bonds. The predicted molar refractivity (Wildman–Crippen MR) is 102 cm³/mol. The standard InChI is InChI=1S/C20H17N3O3S/c24-17(21-20-23-22-19(27-20)15-6-7-15)12-26-16-10-8-14(9-11-16)18(25)13-4-2-1-3-5-13/h1-5,8-11,15H,6-7,12H2,(H,21,23,24). The molecule has 0 radical (unpaired) electrons. The van der Waals surface area contributed by atoms with E-state index in [1.165, 1.54) is 11.3 Å². The van der Waals surface area contributed by atoms with Crippen LogP contribution < -0.4 is 10.1 Å². The van der Waals surface area contributed by atoms with Crippen LogP contribution >= 0.6 is 11.3 Å². The number of nitrogens with zero attached hydrogens (tertiary/aromatic N) is 2. The van der Waals surface area contributed by atoms with Gasteiger partial charge in [0.25, 0.3) is 5.91 Å². The summed E-state index contributed by atoms with van der Waals surface area (Å²) >= 11 is 1.41. The Kier molecular flexibility index (Phi) is 4.93. The van der Waals surface area contributed by atoms with Crippen molar-refractivity contribution < 1.29 is 14.3 Å². The Hall–Kier alpha value is -3.06. The molecule has 3 aromatic rings. The molecule has 1 aliphatic carbocycles. The van der Waals surface area contributed by atoms with E-state index in [1.54, 1.807) is 36.4 Å². The van der Waals surface area contributed by atoms with Crippen molar-refractivity contribution in [2.75, 3.05) is 11.9 Å². The Morgan fingerprint density at radius 3 is 2.41 bits per heavy atom. The maximum absolute atomic E-state index is 12.4. The normalized spacial score (nSPS) is 13.2. The van der Waals surface area contributed by atoms with Gasteiger partial charge in [0.05, 0.1) is 0 Å². The van der Waals surface area contributed by atoms with Crippen molar-refractivity contribution in [2.24, 2.45) is 0 Å². The summed E-state index contributed by atoms with van der Waals surface area (Å²) in [5.74, 6) is 0.688. The van der Waals surface area contributed by atoms with Crippen molar-refractivity contribution in [3.63, 3.8) is 0 Å². The van der Waals surface area contributed by atoms with E-state index in [9.17, 15) is 9.59 Å². The molecule has 27 heavy (non-hydrogen) atoms. The number of carbonyl (C=O) groups is 2. The van der Waals surface area contributed by atoms with Crippen LogP contribution in [0.1, 0.15) is 39.7 Å². The molecule has 7 heteroatoms. The molecule has 0 aliphatic heterocycles. The van der Waals surface area contributed by atoms with Crippen molar-refractivity contribution >= 4 is 28.2 Å². The van der Waals surface area contributed by atoms with Crippen molar-refractivity contribution in [1.29, 1.82) is 0 Å². The molecule has 2 aromatic carbocycles. The molecule has 0 unspecified atom stereocenters. The second-order valence-corrected chi connectivity index (χ2v) is 7.29. The fourth-order valence-corrected chi connectivity index (χ4v) is 3.47. The van der Waals surface area contributed by atoms with Crippen molar-refractivity contribution in [3.05, 3.63) is 70.7 Å². The Morgan fingerprint density at radius 1 is 1.00 bits per heavy atom. The number of hydrogen-bond donors (Lipinski definition) is 1. The van der Waals surface area contributed by atoms with Crippen molar-refractivity contribution in [1.82, 2.24) is 10.2 Å². The lowest BCUT2D eigenvalue weighted by Crippen LogP contribution is -2.20. The zero-order valence-corrected chi connectivity index (χ0v) is 15.2. The number of ketones is 1. The van der Waals surface area contributed by atoms with Gasteiger partial charge >= 0.3 is 0 Å². The number of amides is 1. The van der Waals surface area contributed by atoms with Crippen molar-refractivity contribution in [2.45, 2.75) is 18.8 Å². The van der Waals surface area contributed by atoms with Crippen LogP contribution in [-0.4, -0.2) is 28.5 Å². The highest BCUT2D eigenvalue weighted by Crippen LogP contribution is 2.42. The number of carbonyl (C=O) groups excluding carboxylic acids is 2. The van der Waals surface area contributed by atoms with E-state index in [0.29, 0.717) is 27.9 Å². The summed E-state index contributed by atoms with van der Waals surface area (Å²) in [6.45, 7) is -0.135. The smallest absolute Gasteiger partial charge is 0.264 e. The van der Waals surface area contributed by atoms with Crippen LogP contribution in [0.5, 0.6) is 5.75 Å². The summed E-state index contributed by atoms with van der Waals surface area (Å²) in [6, 6.07) is 15.8. The van der Waals surface area contributed by atoms with Gasteiger partial charge in [0, 0.05) is 17.0 Å². The molecule has 0 bridgehead atoms. The molecule has 0 saturated heterocycles. The van der Waals surface area contributed by atoms with Gasteiger partial charge in [-0.05, 0) is 37.1 Å². The van der Waals surface area contributed by atoms with Crippen LogP contribution in [0.15, 0.2) is 54.6 Å². The highest BCUT2D eigenvalue weighted by atomic mass is 32.1. The highest BCUT2D eigenvalue weighted by molar-refractivity contribution is 7.15. The zero-order valence-electron chi connectivity index (χ0n) is 14.4. The first kappa shape index (κ1) is 17.4. The third-order valence-corrected chi connectivity index (χ3v) is 5.14. The first-order valence-corrected chi connectivity index (χ1v) is 9.46. The van der Waals surface area contributed by atoms with E-state index >= 15 is 0 Å². The van der Waals surface area contributed by atoms with Gasteiger partial charge in [0.15, 0.2) is 12.4 Å². The van der Waals surface area contributed by atoms with Crippen LogP contribution in [-0.2, 0) is 4.79 Å². The summed E-state index contributed by atoms with van der Waals surface area (Å²) in [7, 11) is 0. The van der Waals surface area contributed by atoms with E-state index in [2.05, 4.69) is 15.5 Å². The van der Waals surface area contributed by atoms with Crippen LogP contribution in [0.2, 0.25) is 0 Å². The average molecular weight is 379 g/mol. The SMILES string of the molecule is O=C(COc1ccc(C(=O)c2ccccc2)cc1)Nc1nnc(C2CC2)s1. The van der Waals surface area contributed by atoms with E-state index in [4.69, 9.17) is 4.74 Å².